The molecule has 0 aliphatic carbocycles. The second kappa shape index (κ2) is 9.35. The van der Waals surface area contributed by atoms with Gasteiger partial charge < -0.3 is 10.1 Å². The van der Waals surface area contributed by atoms with E-state index in [9.17, 15) is 0 Å². The molecule has 1 aromatic carbocycles. The van der Waals surface area contributed by atoms with Crippen LogP contribution in [0.5, 0.6) is 0 Å². The van der Waals surface area contributed by atoms with Crippen LogP contribution in [0.15, 0.2) is 48.8 Å². The van der Waals surface area contributed by atoms with Crippen molar-refractivity contribution in [3.05, 3.63) is 59.9 Å². The fourth-order valence-electron chi connectivity index (χ4n) is 3.45. The summed E-state index contributed by atoms with van der Waals surface area (Å²) in [6.07, 6.45) is 7.49. The Kier molecular flexibility index (Phi) is 6.18. The van der Waals surface area contributed by atoms with E-state index in [2.05, 4.69) is 51.5 Å². The normalized spacial score (nSPS) is 16.1. The minimum absolute atomic E-state index is 0.247. The molecule has 1 aliphatic heterocycles. The summed E-state index contributed by atoms with van der Waals surface area (Å²) < 4.78 is 7.69. The summed E-state index contributed by atoms with van der Waals surface area (Å²) >= 11 is 0. The van der Waals surface area contributed by atoms with Gasteiger partial charge in [-0.3, -0.25) is 0 Å². The van der Waals surface area contributed by atoms with Crippen molar-refractivity contribution in [2.75, 3.05) is 18.5 Å². The van der Waals surface area contributed by atoms with Crippen molar-refractivity contribution in [2.45, 2.75) is 38.8 Å². The predicted octanol–water partition coefficient (Wildman–Crippen LogP) is 3.68. The molecule has 0 spiro atoms. The minimum atomic E-state index is 0.247. The third-order valence-corrected chi connectivity index (χ3v) is 4.96. The highest BCUT2D eigenvalue weighted by Crippen LogP contribution is 2.22. The molecule has 29 heavy (non-hydrogen) atoms. The van der Waals surface area contributed by atoms with Gasteiger partial charge in [-0.15, -0.1) is 5.10 Å². The average molecular weight is 387 g/mol. The van der Waals surface area contributed by atoms with Gasteiger partial charge >= 0.3 is 0 Å². The largest absolute Gasteiger partial charge is 0.376 e. The fourth-order valence-corrected chi connectivity index (χ4v) is 3.45. The highest BCUT2D eigenvalue weighted by Gasteiger charge is 2.16. The number of anilines is 1. The fraction of sp³-hybridized carbons (Fsp3) is 0.348. The number of nitrogens with zero attached hydrogens (tertiary/aromatic N) is 4. The van der Waals surface area contributed by atoms with Gasteiger partial charge in [-0.05, 0) is 56.0 Å². The van der Waals surface area contributed by atoms with Gasteiger partial charge in [-0.1, -0.05) is 29.2 Å². The highest BCUT2D eigenvalue weighted by molar-refractivity contribution is 5.64. The van der Waals surface area contributed by atoms with Crippen molar-refractivity contribution in [3.63, 3.8) is 0 Å². The number of ether oxygens (including phenoxy) is 1. The summed E-state index contributed by atoms with van der Waals surface area (Å²) in [5, 5.41) is 11.8. The second-order valence-corrected chi connectivity index (χ2v) is 7.21. The van der Waals surface area contributed by atoms with Crippen molar-refractivity contribution in [1.82, 2.24) is 20.0 Å². The molecule has 1 atom stereocenters. The number of rotatable bonds is 5. The predicted molar refractivity (Wildman–Crippen MR) is 113 cm³/mol. The molecule has 0 radical (unpaired) electrons. The van der Waals surface area contributed by atoms with E-state index in [-0.39, 0.29) is 6.10 Å². The van der Waals surface area contributed by atoms with E-state index in [1.54, 1.807) is 6.20 Å². The molecule has 3 heterocycles. The molecule has 6 nitrogen and oxygen atoms in total. The molecule has 0 bridgehead atoms. The van der Waals surface area contributed by atoms with E-state index >= 15 is 0 Å². The first-order valence-electron chi connectivity index (χ1n) is 10.0. The molecule has 2 aromatic heterocycles. The van der Waals surface area contributed by atoms with E-state index in [0.717, 1.165) is 54.2 Å². The lowest BCUT2D eigenvalue weighted by atomic mass is 10.0. The van der Waals surface area contributed by atoms with Gasteiger partial charge in [0.2, 0.25) is 0 Å². The summed E-state index contributed by atoms with van der Waals surface area (Å²) in [6, 6.07) is 11.9. The SMILES string of the molecule is Cc1cc(C#CCNc2ccccn2)ccc1-c1cn(CC2CCCCO2)nn1. The minimum Gasteiger partial charge on any atom is -0.376 e. The zero-order valence-electron chi connectivity index (χ0n) is 16.6. The number of nitrogens with one attached hydrogen (secondary N) is 1. The third kappa shape index (κ3) is 5.21. The van der Waals surface area contributed by atoms with Crippen molar-refractivity contribution < 1.29 is 4.74 Å². The van der Waals surface area contributed by atoms with E-state index in [4.69, 9.17) is 4.74 Å². The first-order valence-corrected chi connectivity index (χ1v) is 10.0. The van der Waals surface area contributed by atoms with Crippen LogP contribution in [0.3, 0.4) is 0 Å². The maximum Gasteiger partial charge on any atom is 0.126 e. The monoisotopic (exact) mass is 387 g/mol. The molecule has 4 rings (SSSR count). The van der Waals surface area contributed by atoms with Crippen LogP contribution in [0.2, 0.25) is 0 Å². The van der Waals surface area contributed by atoms with Crippen molar-refractivity contribution >= 4 is 5.82 Å². The Morgan fingerprint density at radius 2 is 2.21 bits per heavy atom. The number of pyridine rings is 1. The lowest BCUT2D eigenvalue weighted by Crippen LogP contribution is -2.24. The van der Waals surface area contributed by atoms with Crippen LogP contribution in [0.1, 0.15) is 30.4 Å². The van der Waals surface area contributed by atoms with Gasteiger partial charge in [0.1, 0.15) is 11.5 Å². The lowest BCUT2D eigenvalue weighted by molar-refractivity contribution is 0.00370. The van der Waals surface area contributed by atoms with E-state index < -0.39 is 0 Å². The topological polar surface area (TPSA) is 64.9 Å². The van der Waals surface area contributed by atoms with Gasteiger partial charge in [0.15, 0.2) is 0 Å². The van der Waals surface area contributed by atoms with Crippen LogP contribution >= 0.6 is 0 Å². The van der Waals surface area contributed by atoms with E-state index in [1.165, 1.54) is 6.42 Å². The molecular weight excluding hydrogens is 362 g/mol. The molecule has 1 fully saturated rings. The van der Waals surface area contributed by atoms with Crippen LogP contribution < -0.4 is 5.32 Å². The smallest absolute Gasteiger partial charge is 0.126 e. The molecule has 0 saturated carbocycles. The zero-order chi connectivity index (χ0) is 19.9. The van der Waals surface area contributed by atoms with Crippen LogP contribution in [0, 0.1) is 18.8 Å². The van der Waals surface area contributed by atoms with Gasteiger partial charge in [0.25, 0.3) is 0 Å². The van der Waals surface area contributed by atoms with Crippen molar-refractivity contribution in [3.8, 4) is 23.1 Å². The maximum atomic E-state index is 5.80. The summed E-state index contributed by atoms with van der Waals surface area (Å²) in [5.74, 6) is 7.16. The zero-order valence-corrected chi connectivity index (χ0v) is 16.6. The van der Waals surface area contributed by atoms with Crippen LogP contribution in [-0.4, -0.2) is 39.2 Å². The summed E-state index contributed by atoms with van der Waals surface area (Å²) in [5.41, 5.74) is 4.08. The quantitative estimate of drug-likeness (QED) is 0.677. The molecule has 1 unspecified atom stereocenters. The van der Waals surface area contributed by atoms with Crippen molar-refractivity contribution in [1.29, 1.82) is 0 Å². The van der Waals surface area contributed by atoms with Gasteiger partial charge in [0, 0.05) is 23.9 Å². The molecule has 0 amide bonds. The Balaban J connectivity index is 1.38. The van der Waals surface area contributed by atoms with Crippen LogP contribution in [-0.2, 0) is 11.3 Å². The Morgan fingerprint density at radius 1 is 1.24 bits per heavy atom. The molecule has 148 valence electrons. The Labute approximate surface area is 171 Å². The van der Waals surface area contributed by atoms with Crippen LogP contribution in [0.25, 0.3) is 11.3 Å². The Hall–Kier alpha value is -3.17. The summed E-state index contributed by atoms with van der Waals surface area (Å²) in [6.45, 7) is 4.25. The lowest BCUT2D eigenvalue weighted by Gasteiger charge is -2.21. The second-order valence-electron chi connectivity index (χ2n) is 7.21. The Morgan fingerprint density at radius 3 is 3.00 bits per heavy atom. The number of aromatic nitrogens is 4. The maximum absolute atomic E-state index is 5.80. The van der Waals surface area contributed by atoms with Gasteiger partial charge in [-0.2, -0.15) is 0 Å². The molecule has 3 aromatic rings. The molecule has 1 aliphatic rings. The molecule has 1 N–H and O–H groups in total. The van der Waals surface area contributed by atoms with Crippen LogP contribution in [0.4, 0.5) is 5.82 Å². The first kappa shape index (κ1) is 19.2. The number of hydrogen-bond donors (Lipinski definition) is 1. The average Bonchev–Trinajstić information content (AvgIpc) is 3.21. The van der Waals surface area contributed by atoms with E-state index in [0.29, 0.717) is 6.54 Å². The number of aryl methyl sites for hydroxylation is 1. The number of benzene rings is 1. The molecular formula is C23H25N5O. The Bertz CT molecular complexity index is 997. The standard InChI is InChI=1S/C23H25N5O/c1-18-15-19(7-6-13-25-23-9-2-4-12-24-23)10-11-21(18)22-17-28(27-26-22)16-20-8-3-5-14-29-20/h2,4,9-12,15,17,20H,3,5,8,13-14,16H2,1H3,(H,24,25). The van der Waals surface area contributed by atoms with Gasteiger partial charge in [-0.25, -0.2) is 9.67 Å². The van der Waals surface area contributed by atoms with Crippen molar-refractivity contribution in [2.24, 2.45) is 0 Å². The molecule has 1 saturated heterocycles. The van der Waals surface area contributed by atoms with E-state index in [1.807, 2.05) is 35.1 Å². The number of hydrogen-bond acceptors (Lipinski definition) is 5. The van der Waals surface area contributed by atoms with Gasteiger partial charge in [0.05, 0.1) is 25.4 Å². The molecule has 6 heteroatoms. The summed E-state index contributed by atoms with van der Waals surface area (Å²) in [4.78, 5) is 4.22. The third-order valence-electron chi connectivity index (χ3n) is 4.96. The summed E-state index contributed by atoms with van der Waals surface area (Å²) in [7, 11) is 0. The highest BCUT2D eigenvalue weighted by atomic mass is 16.5. The first-order chi connectivity index (χ1) is 14.3.